The first-order valence-electron chi connectivity index (χ1n) is 8.34. The van der Waals surface area contributed by atoms with E-state index < -0.39 is 0 Å². The first kappa shape index (κ1) is 14.0. The lowest BCUT2D eigenvalue weighted by Gasteiger charge is -2.34. The van der Waals surface area contributed by atoms with Crippen molar-refractivity contribution in [2.75, 3.05) is 26.2 Å². The molecule has 2 saturated heterocycles. The van der Waals surface area contributed by atoms with Gasteiger partial charge in [-0.1, -0.05) is 0 Å². The third-order valence-corrected chi connectivity index (χ3v) is 5.22. The molecule has 0 radical (unpaired) electrons. The summed E-state index contributed by atoms with van der Waals surface area (Å²) in [7, 11) is 0. The third kappa shape index (κ3) is 2.69. The zero-order valence-corrected chi connectivity index (χ0v) is 13.0. The maximum atomic E-state index is 4.24. The highest BCUT2D eigenvalue weighted by Gasteiger charge is 2.38. The monoisotopic (exact) mass is 296 g/mol. The van der Waals surface area contributed by atoms with Crippen molar-refractivity contribution in [1.82, 2.24) is 19.8 Å². The van der Waals surface area contributed by atoms with Gasteiger partial charge >= 0.3 is 0 Å². The number of likely N-dealkylation sites (tertiary alicyclic amines) is 1. The van der Waals surface area contributed by atoms with Crippen molar-refractivity contribution in [3.05, 3.63) is 48.5 Å². The summed E-state index contributed by atoms with van der Waals surface area (Å²) >= 11 is 0. The van der Waals surface area contributed by atoms with Gasteiger partial charge in [-0.25, -0.2) is 0 Å². The quantitative estimate of drug-likeness (QED) is 0.944. The molecule has 0 aromatic carbocycles. The van der Waals surface area contributed by atoms with E-state index in [1.54, 1.807) is 0 Å². The minimum Gasteiger partial charge on any atom is -0.318 e. The Morgan fingerprint density at radius 1 is 1.23 bits per heavy atom. The number of nitrogens with one attached hydrogen (secondary N) is 1. The lowest BCUT2D eigenvalue weighted by atomic mass is 9.80. The highest BCUT2D eigenvalue weighted by Crippen LogP contribution is 2.37. The van der Waals surface area contributed by atoms with Gasteiger partial charge in [-0.2, -0.15) is 0 Å². The molecular weight excluding hydrogens is 272 g/mol. The maximum absolute atomic E-state index is 4.24. The van der Waals surface area contributed by atoms with E-state index in [2.05, 4.69) is 44.2 Å². The molecular formula is C18H24N4. The lowest BCUT2D eigenvalue weighted by Crippen LogP contribution is -2.41. The molecule has 2 aromatic rings. The van der Waals surface area contributed by atoms with E-state index >= 15 is 0 Å². The molecule has 0 aliphatic carbocycles. The summed E-state index contributed by atoms with van der Waals surface area (Å²) in [6, 6.07) is 8.48. The second-order valence-corrected chi connectivity index (χ2v) is 6.82. The molecule has 4 heterocycles. The zero-order chi connectivity index (χ0) is 14.8. The minimum absolute atomic E-state index is 0.532. The average molecular weight is 296 g/mol. The number of hydrogen-bond donors (Lipinski definition) is 1. The van der Waals surface area contributed by atoms with Gasteiger partial charge in [-0.3, -0.25) is 9.88 Å². The van der Waals surface area contributed by atoms with Gasteiger partial charge in [0.25, 0.3) is 0 Å². The van der Waals surface area contributed by atoms with Crippen LogP contribution in [0.5, 0.6) is 0 Å². The predicted molar refractivity (Wildman–Crippen MR) is 88.0 cm³/mol. The number of hydrogen-bond acceptors (Lipinski definition) is 3. The third-order valence-electron chi connectivity index (χ3n) is 5.22. The van der Waals surface area contributed by atoms with Crippen LogP contribution in [0.3, 0.4) is 0 Å². The summed E-state index contributed by atoms with van der Waals surface area (Å²) in [4.78, 5) is 6.86. The Morgan fingerprint density at radius 3 is 3.05 bits per heavy atom. The average Bonchev–Trinajstić information content (AvgIpc) is 3.17. The van der Waals surface area contributed by atoms with Gasteiger partial charge in [0.1, 0.15) is 0 Å². The Kier molecular flexibility index (Phi) is 3.72. The van der Waals surface area contributed by atoms with Crippen molar-refractivity contribution < 1.29 is 0 Å². The molecule has 1 N–H and O–H groups in total. The molecule has 0 unspecified atom stereocenters. The van der Waals surface area contributed by atoms with Gasteiger partial charge in [0, 0.05) is 37.7 Å². The topological polar surface area (TPSA) is 33.1 Å². The van der Waals surface area contributed by atoms with Crippen LogP contribution in [0.2, 0.25) is 0 Å². The van der Waals surface area contributed by atoms with Crippen LogP contribution in [0.25, 0.3) is 5.69 Å². The smallest absolute Gasteiger partial charge is 0.0636 e. The highest BCUT2D eigenvalue weighted by molar-refractivity contribution is 5.32. The molecule has 4 nitrogen and oxygen atoms in total. The Labute approximate surface area is 132 Å². The van der Waals surface area contributed by atoms with Crippen molar-refractivity contribution in [3.8, 4) is 5.69 Å². The Bertz CT molecular complexity index is 613. The van der Waals surface area contributed by atoms with Crippen LogP contribution in [-0.4, -0.2) is 40.6 Å². The van der Waals surface area contributed by atoms with Gasteiger partial charge < -0.3 is 9.88 Å². The molecule has 4 rings (SSSR count). The largest absolute Gasteiger partial charge is 0.318 e. The van der Waals surface area contributed by atoms with E-state index in [1.807, 2.05) is 18.5 Å². The van der Waals surface area contributed by atoms with Gasteiger partial charge in [0.05, 0.1) is 11.9 Å². The number of rotatable bonds is 3. The SMILES string of the molecule is c1cncc(-n2cccc2CN2CC[C@]3(CCCNC3)C2)c1. The van der Waals surface area contributed by atoms with E-state index in [9.17, 15) is 0 Å². The lowest BCUT2D eigenvalue weighted by molar-refractivity contribution is 0.198. The molecule has 0 saturated carbocycles. The first-order chi connectivity index (χ1) is 10.8. The van der Waals surface area contributed by atoms with Crippen LogP contribution in [0.15, 0.2) is 42.9 Å². The summed E-state index contributed by atoms with van der Waals surface area (Å²) in [6.45, 7) is 5.89. The highest BCUT2D eigenvalue weighted by atomic mass is 15.2. The fourth-order valence-corrected chi connectivity index (χ4v) is 4.06. The van der Waals surface area contributed by atoms with E-state index in [0.29, 0.717) is 5.41 Å². The molecule has 2 aliphatic rings. The minimum atomic E-state index is 0.532. The molecule has 116 valence electrons. The summed E-state index contributed by atoms with van der Waals surface area (Å²) in [5.41, 5.74) is 3.04. The molecule has 2 fully saturated rings. The number of piperidine rings is 1. The van der Waals surface area contributed by atoms with Crippen molar-refractivity contribution in [2.45, 2.75) is 25.8 Å². The number of aromatic nitrogens is 2. The molecule has 2 aliphatic heterocycles. The molecule has 1 spiro atoms. The summed E-state index contributed by atoms with van der Waals surface area (Å²) < 4.78 is 2.26. The van der Waals surface area contributed by atoms with Gasteiger partial charge in [-0.05, 0) is 62.0 Å². The van der Waals surface area contributed by atoms with E-state index in [4.69, 9.17) is 0 Å². The molecule has 0 amide bonds. The van der Waals surface area contributed by atoms with Crippen molar-refractivity contribution in [2.24, 2.45) is 5.41 Å². The fourth-order valence-electron chi connectivity index (χ4n) is 4.06. The van der Waals surface area contributed by atoms with E-state index in [1.165, 1.54) is 51.1 Å². The van der Waals surface area contributed by atoms with Gasteiger partial charge in [0.2, 0.25) is 0 Å². The fraction of sp³-hybridized carbons (Fsp3) is 0.500. The Morgan fingerprint density at radius 2 is 2.23 bits per heavy atom. The molecule has 0 bridgehead atoms. The Balaban J connectivity index is 1.48. The van der Waals surface area contributed by atoms with Gasteiger partial charge in [-0.15, -0.1) is 0 Å². The van der Waals surface area contributed by atoms with Gasteiger partial charge in [0.15, 0.2) is 0 Å². The van der Waals surface area contributed by atoms with Crippen molar-refractivity contribution in [1.29, 1.82) is 0 Å². The second-order valence-electron chi connectivity index (χ2n) is 6.82. The van der Waals surface area contributed by atoms with Crippen LogP contribution in [0.1, 0.15) is 25.0 Å². The van der Waals surface area contributed by atoms with Crippen LogP contribution in [-0.2, 0) is 6.54 Å². The summed E-state index contributed by atoms with van der Waals surface area (Å²) in [5, 5.41) is 3.59. The number of pyridine rings is 1. The zero-order valence-electron chi connectivity index (χ0n) is 13.0. The van der Waals surface area contributed by atoms with Crippen molar-refractivity contribution >= 4 is 0 Å². The number of nitrogens with zero attached hydrogens (tertiary/aromatic N) is 3. The van der Waals surface area contributed by atoms with E-state index in [-0.39, 0.29) is 0 Å². The molecule has 22 heavy (non-hydrogen) atoms. The molecule has 4 heteroatoms. The van der Waals surface area contributed by atoms with Crippen LogP contribution in [0.4, 0.5) is 0 Å². The maximum Gasteiger partial charge on any atom is 0.0636 e. The van der Waals surface area contributed by atoms with Crippen molar-refractivity contribution in [3.63, 3.8) is 0 Å². The van der Waals surface area contributed by atoms with Crippen LogP contribution < -0.4 is 5.32 Å². The summed E-state index contributed by atoms with van der Waals surface area (Å²) in [6.07, 6.45) is 9.96. The van der Waals surface area contributed by atoms with E-state index in [0.717, 1.165) is 12.2 Å². The standard InChI is InChI=1S/C18H24N4/c1-4-16(12-19-8-1)22-10-2-5-17(22)13-21-11-7-18(15-21)6-3-9-20-14-18/h1-2,4-5,8,10,12,20H,3,6-7,9,11,13-15H2/t18-/m0/s1. The second kappa shape index (κ2) is 5.86. The predicted octanol–water partition coefficient (Wildman–Crippen LogP) is 2.45. The van der Waals surface area contributed by atoms with Crippen LogP contribution >= 0.6 is 0 Å². The Hall–Kier alpha value is -1.65. The first-order valence-corrected chi connectivity index (χ1v) is 8.34. The molecule has 1 atom stereocenters. The molecule has 2 aromatic heterocycles. The van der Waals surface area contributed by atoms with Crippen LogP contribution in [0, 0.1) is 5.41 Å². The summed E-state index contributed by atoms with van der Waals surface area (Å²) in [5.74, 6) is 0. The normalized spacial score (nSPS) is 25.8.